The van der Waals surface area contributed by atoms with E-state index in [1.54, 1.807) is 0 Å². The van der Waals surface area contributed by atoms with Gasteiger partial charge in [-0.15, -0.1) is 0 Å². The van der Waals surface area contributed by atoms with Crippen molar-refractivity contribution in [3.63, 3.8) is 0 Å². The lowest BCUT2D eigenvalue weighted by Gasteiger charge is -2.27. The van der Waals surface area contributed by atoms with Crippen LogP contribution in [-0.4, -0.2) is 0 Å². The standard InChI is InChI=1S/C24H27N/c1-2-3-4-5-19-6-10-21(11-7-19)23-14-16-24(17-15-23)22-12-8-20(18-25)9-13-22/h4-5,8-9,12-17,19,21H,2-3,6-7,10-11H2,1H3/b5-4-/t19-,21-. The Balaban J connectivity index is 1.60. The third kappa shape index (κ3) is 4.60. The summed E-state index contributed by atoms with van der Waals surface area (Å²) in [5.74, 6) is 1.51. The van der Waals surface area contributed by atoms with Crippen molar-refractivity contribution in [3.05, 3.63) is 71.8 Å². The lowest BCUT2D eigenvalue weighted by Crippen LogP contribution is -2.11. The topological polar surface area (TPSA) is 23.8 Å². The molecule has 0 amide bonds. The largest absolute Gasteiger partial charge is 0.192 e. The van der Waals surface area contributed by atoms with Gasteiger partial charge >= 0.3 is 0 Å². The zero-order valence-electron chi connectivity index (χ0n) is 15.1. The van der Waals surface area contributed by atoms with E-state index in [1.807, 2.05) is 24.3 Å². The van der Waals surface area contributed by atoms with E-state index in [4.69, 9.17) is 5.26 Å². The second-order valence-electron chi connectivity index (χ2n) is 7.14. The SMILES string of the molecule is CCC/C=C\[C@H]1CC[C@H](c2ccc(-c3ccc(C#N)cc3)cc2)CC1. The molecule has 0 saturated heterocycles. The van der Waals surface area contributed by atoms with Gasteiger partial charge in [0.15, 0.2) is 0 Å². The molecular formula is C24H27N. The molecular weight excluding hydrogens is 302 g/mol. The Morgan fingerprint density at radius 1 is 0.920 bits per heavy atom. The summed E-state index contributed by atoms with van der Waals surface area (Å²) >= 11 is 0. The lowest BCUT2D eigenvalue weighted by molar-refractivity contribution is 0.375. The fourth-order valence-corrected chi connectivity index (χ4v) is 3.79. The molecule has 1 nitrogen and oxygen atoms in total. The zero-order chi connectivity index (χ0) is 17.5. The van der Waals surface area contributed by atoms with Gasteiger partial charge in [-0.2, -0.15) is 5.26 Å². The van der Waals surface area contributed by atoms with E-state index in [9.17, 15) is 0 Å². The first-order chi connectivity index (χ1) is 12.3. The van der Waals surface area contributed by atoms with Crippen LogP contribution in [0.1, 0.15) is 62.5 Å². The van der Waals surface area contributed by atoms with Crippen molar-refractivity contribution >= 4 is 0 Å². The highest BCUT2D eigenvalue weighted by atomic mass is 14.3. The number of allylic oxidation sites excluding steroid dienone is 2. The second kappa shape index (κ2) is 8.67. The Bertz CT molecular complexity index is 723. The average Bonchev–Trinajstić information content (AvgIpc) is 2.69. The van der Waals surface area contributed by atoms with Crippen LogP contribution in [0.5, 0.6) is 0 Å². The minimum absolute atomic E-state index is 0.713. The van der Waals surface area contributed by atoms with E-state index in [0.29, 0.717) is 11.5 Å². The van der Waals surface area contributed by atoms with Gasteiger partial charge in [-0.25, -0.2) is 0 Å². The first-order valence-corrected chi connectivity index (χ1v) is 9.57. The minimum atomic E-state index is 0.713. The Labute approximate surface area is 152 Å². The quantitative estimate of drug-likeness (QED) is 0.550. The molecule has 1 heteroatoms. The van der Waals surface area contributed by atoms with Gasteiger partial charge in [0, 0.05) is 0 Å². The van der Waals surface area contributed by atoms with E-state index in [-0.39, 0.29) is 0 Å². The first kappa shape index (κ1) is 17.5. The maximum atomic E-state index is 8.90. The Morgan fingerprint density at radius 3 is 2.08 bits per heavy atom. The molecule has 128 valence electrons. The Kier molecular flexibility index (Phi) is 6.07. The molecule has 0 heterocycles. The first-order valence-electron chi connectivity index (χ1n) is 9.57. The summed E-state index contributed by atoms with van der Waals surface area (Å²) in [6.45, 7) is 2.24. The van der Waals surface area contributed by atoms with Crippen LogP contribution in [0.2, 0.25) is 0 Å². The number of unbranched alkanes of at least 4 members (excludes halogenated alkanes) is 1. The fraction of sp³-hybridized carbons (Fsp3) is 0.375. The fourth-order valence-electron chi connectivity index (χ4n) is 3.79. The third-order valence-corrected chi connectivity index (χ3v) is 5.36. The zero-order valence-corrected chi connectivity index (χ0v) is 15.1. The van der Waals surface area contributed by atoms with Crippen molar-refractivity contribution in [2.75, 3.05) is 0 Å². The molecule has 0 bridgehead atoms. The molecule has 2 aromatic carbocycles. The molecule has 0 radical (unpaired) electrons. The highest BCUT2D eigenvalue weighted by molar-refractivity contribution is 5.64. The number of nitriles is 1. The summed E-state index contributed by atoms with van der Waals surface area (Å²) < 4.78 is 0. The summed E-state index contributed by atoms with van der Waals surface area (Å²) in [5.41, 5.74) is 4.60. The smallest absolute Gasteiger partial charge is 0.0991 e. The number of rotatable bonds is 5. The van der Waals surface area contributed by atoms with E-state index in [2.05, 4.69) is 49.4 Å². The predicted octanol–water partition coefficient (Wildman–Crippen LogP) is 6.86. The van der Waals surface area contributed by atoms with Gasteiger partial charge in [0.1, 0.15) is 0 Å². The molecule has 0 aliphatic heterocycles. The van der Waals surface area contributed by atoms with E-state index >= 15 is 0 Å². The normalized spacial score (nSPS) is 20.5. The minimum Gasteiger partial charge on any atom is -0.192 e. The van der Waals surface area contributed by atoms with Gasteiger partial charge in [0.2, 0.25) is 0 Å². The number of hydrogen-bond donors (Lipinski definition) is 0. The van der Waals surface area contributed by atoms with Gasteiger partial charge in [-0.1, -0.05) is 61.9 Å². The van der Waals surface area contributed by atoms with Gasteiger partial charge in [0.25, 0.3) is 0 Å². The lowest BCUT2D eigenvalue weighted by atomic mass is 9.78. The molecule has 1 saturated carbocycles. The third-order valence-electron chi connectivity index (χ3n) is 5.36. The van der Waals surface area contributed by atoms with Crippen LogP contribution in [0.3, 0.4) is 0 Å². The van der Waals surface area contributed by atoms with Crippen molar-refractivity contribution in [2.24, 2.45) is 5.92 Å². The van der Waals surface area contributed by atoms with Crippen molar-refractivity contribution in [3.8, 4) is 17.2 Å². The number of hydrogen-bond acceptors (Lipinski definition) is 1. The molecule has 0 spiro atoms. The molecule has 1 fully saturated rings. The van der Waals surface area contributed by atoms with Crippen molar-refractivity contribution in [1.82, 2.24) is 0 Å². The molecule has 0 aromatic heterocycles. The monoisotopic (exact) mass is 329 g/mol. The summed E-state index contributed by atoms with van der Waals surface area (Å²) in [6, 6.07) is 19.0. The van der Waals surface area contributed by atoms with Crippen molar-refractivity contribution in [2.45, 2.75) is 51.4 Å². The maximum absolute atomic E-state index is 8.90. The highest BCUT2D eigenvalue weighted by Gasteiger charge is 2.20. The van der Waals surface area contributed by atoms with Crippen LogP contribution < -0.4 is 0 Å². The summed E-state index contributed by atoms with van der Waals surface area (Å²) in [4.78, 5) is 0. The average molecular weight is 329 g/mol. The molecule has 3 rings (SSSR count). The Hall–Kier alpha value is -2.33. The van der Waals surface area contributed by atoms with Gasteiger partial charge in [-0.05, 0) is 72.8 Å². The van der Waals surface area contributed by atoms with Crippen molar-refractivity contribution in [1.29, 1.82) is 5.26 Å². The molecule has 1 aliphatic rings. The molecule has 1 aliphatic carbocycles. The van der Waals surface area contributed by atoms with Crippen LogP contribution >= 0.6 is 0 Å². The van der Waals surface area contributed by atoms with Crippen LogP contribution in [-0.2, 0) is 0 Å². The van der Waals surface area contributed by atoms with Crippen molar-refractivity contribution < 1.29 is 0 Å². The molecule has 0 atom stereocenters. The second-order valence-corrected chi connectivity index (χ2v) is 7.14. The van der Waals surface area contributed by atoms with E-state index in [0.717, 1.165) is 5.92 Å². The van der Waals surface area contributed by atoms with Crippen LogP contribution in [0.15, 0.2) is 60.7 Å². The van der Waals surface area contributed by atoms with Gasteiger partial charge in [-0.3, -0.25) is 0 Å². The molecule has 0 N–H and O–H groups in total. The number of benzene rings is 2. The van der Waals surface area contributed by atoms with Gasteiger partial charge < -0.3 is 0 Å². The highest BCUT2D eigenvalue weighted by Crippen LogP contribution is 2.37. The van der Waals surface area contributed by atoms with E-state index in [1.165, 1.54) is 55.2 Å². The molecule has 0 unspecified atom stereocenters. The number of nitrogens with zero attached hydrogens (tertiary/aromatic N) is 1. The Morgan fingerprint density at radius 2 is 1.52 bits per heavy atom. The van der Waals surface area contributed by atoms with Crippen LogP contribution in [0.25, 0.3) is 11.1 Å². The summed E-state index contributed by atoms with van der Waals surface area (Å²) in [6.07, 6.45) is 12.5. The van der Waals surface area contributed by atoms with Crippen LogP contribution in [0.4, 0.5) is 0 Å². The molecule has 2 aromatic rings. The molecule has 25 heavy (non-hydrogen) atoms. The summed E-state index contributed by atoms with van der Waals surface area (Å²) in [7, 11) is 0. The van der Waals surface area contributed by atoms with Gasteiger partial charge in [0.05, 0.1) is 11.6 Å². The summed E-state index contributed by atoms with van der Waals surface area (Å²) in [5, 5.41) is 8.90. The van der Waals surface area contributed by atoms with Crippen LogP contribution in [0, 0.1) is 17.2 Å². The maximum Gasteiger partial charge on any atom is 0.0991 e. The van der Waals surface area contributed by atoms with E-state index < -0.39 is 0 Å². The predicted molar refractivity (Wildman–Crippen MR) is 105 cm³/mol.